The summed E-state index contributed by atoms with van der Waals surface area (Å²) in [5, 5.41) is 7.65. The van der Waals surface area contributed by atoms with E-state index >= 15 is 0 Å². The molecule has 0 N–H and O–H groups in total. The second-order valence-corrected chi connectivity index (χ2v) is 13.4. The molecule has 8 aromatic carbocycles. The summed E-state index contributed by atoms with van der Waals surface area (Å²) < 4.78 is 0. The summed E-state index contributed by atoms with van der Waals surface area (Å²) in [7, 11) is 0. The average molecular weight is 589 g/mol. The Kier molecular flexibility index (Phi) is 6.80. The molecule has 46 heavy (non-hydrogen) atoms. The Morgan fingerprint density at radius 3 is 1.61 bits per heavy atom. The molecule has 0 aliphatic rings. The average Bonchev–Trinajstić information content (AvgIpc) is 3.10. The fourth-order valence-electron chi connectivity index (χ4n) is 7.02. The zero-order valence-corrected chi connectivity index (χ0v) is 26.6. The quantitative estimate of drug-likeness (QED) is 0.179. The van der Waals surface area contributed by atoms with E-state index in [9.17, 15) is 0 Å². The lowest BCUT2D eigenvalue weighted by atomic mass is 9.80. The minimum Gasteiger partial charge on any atom is -0.0622 e. The molecule has 8 rings (SSSR count). The molecular formula is C46H36. The van der Waals surface area contributed by atoms with E-state index in [1.165, 1.54) is 82.4 Å². The summed E-state index contributed by atoms with van der Waals surface area (Å²) in [6.45, 7) is 6.92. The maximum absolute atomic E-state index is 2.45. The Balaban J connectivity index is 1.42. The first kappa shape index (κ1) is 28.0. The standard InChI is InChI=1S/C46H36/c1-46(2,3)37-27-28-42-43(30-37)44(36-26-23-32-15-7-8-16-35(32)29-36)40-19-11-12-20-41(40)45(42)39-18-10-9-17-38(39)34-24-21-33(22-25-34)31-13-5-4-6-14-31/h4-30H,1-3H3. The van der Waals surface area contributed by atoms with E-state index in [1.807, 2.05) is 0 Å². The number of hydrogen-bond acceptors (Lipinski definition) is 0. The molecule has 0 aliphatic heterocycles. The first-order chi connectivity index (χ1) is 22.5. The third kappa shape index (κ3) is 4.88. The molecule has 0 atom stereocenters. The second kappa shape index (κ2) is 11.2. The van der Waals surface area contributed by atoms with Crippen LogP contribution in [-0.2, 0) is 5.41 Å². The van der Waals surface area contributed by atoms with Crippen molar-refractivity contribution in [3.8, 4) is 44.5 Å². The first-order valence-corrected chi connectivity index (χ1v) is 16.2. The Labute approximate surface area is 271 Å². The van der Waals surface area contributed by atoms with Crippen molar-refractivity contribution in [3.05, 3.63) is 169 Å². The lowest BCUT2D eigenvalue weighted by Crippen LogP contribution is -2.10. The Morgan fingerprint density at radius 1 is 0.326 bits per heavy atom. The molecule has 0 saturated heterocycles. The molecule has 8 aromatic rings. The molecule has 0 heteroatoms. The summed E-state index contributed by atoms with van der Waals surface area (Å²) in [6.07, 6.45) is 0. The summed E-state index contributed by atoms with van der Waals surface area (Å²) in [5.74, 6) is 0. The van der Waals surface area contributed by atoms with Gasteiger partial charge in [0.25, 0.3) is 0 Å². The largest absolute Gasteiger partial charge is 0.0622 e. The summed E-state index contributed by atoms with van der Waals surface area (Å²) in [4.78, 5) is 0. The molecule has 0 aromatic heterocycles. The highest BCUT2D eigenvalue weighted by atomic mass is 14.2. The van der Waals surface area contributed by atoms with E-state index in [0.29, 0.717) is 0 Å². The van der Waals surface area contributed by atoms with E-state index in [-0.39, 0.29) is 5.41 Å². The molecule has 0 nitrogen and oxygen atoms in total. The van der Waals surface area contributed by atoms with Gasteiger partial charge in [-0.25, -0.2) is 0 Å². The monoisotopic (exact) mass is 588 g/mol. The fraction of sp³-hybridized carbons (Fsp3) is 0.0870. The lowest BCUT2D eigenvalue weighted by Gasteiger charge is -2.24. The van der Waals surface area contributed by atoms with Gasteiger partial charge in [-0.2, -0.15) is 0 Å². The van der Waals surface area contributed by atoms with Gasteiger partial charge in [0.05, 0.1) is 0 Å². The summed E-state index contributed by atoms with van der Waals surface area (Å²) >= 11 is 0. The molecule has 0 aliphatic carbocycles. The minimum absolute atomic E-state index is 0.0268. The fourth-order valence-corrected chi connectivity index (χ4v) is 7.02. The minimum atomic E-state index is 0.0268. The van der Waals surface area contributed by atoms with Crippen LogP contribution in [0.4, 0.5) is 0 Å². The molecular weight excluding hydrogens is 553 g/mol. The van der Waals surface area contributed by atoms with E-state index < -0.39 is 0 Å². The van der Waals surface area contributed by atoms with Crippen molar-refractivity contribution in [2.75, 3.05) is 0 Å². The topological polar surface area (TPSA) is 0 Å². The normalized spacial score (nSPS) is 11.8. The third-order valence-corrected chi connectivity index (χ3v) is 9.43. The molecule has 0 bridgehead atoms. The zero-order valence-electron chi connectivity index (χ0n) is 26.6. The van der Waals surface area contributed by atoms with Crippen LogP contribution >= 0.6 is 0 Å². The SMILES string of the molecule is CC(C)(C)c1ccc2c(-c3ccccc3-c3ccc(-c4ccccc4)cc3)c3ccccc3c(-c3ccc4ccccc4c3)c2c1. The maximum atomic E-state index is 2.45. The number of rotatable bonds is 4. The van der Waals surface area contributed by atoms with E-state index in [0.717, 1.165) is 0 Å². The molecule has 220 valence electrons. The van der Waals surface area contributed by atoms with Gasteiger partial charge in [-0.15, -0.1) is 0 Å². The van der Waals surface area contributed by atoms with Crippen molar-refractivity contribution in [3.63, 3.8) is 0 Å². The molecule has 0 fully saturated rings. The van der Waals surface area contributed by atoms with Crippen LogP contribution in [0.2, 0.25) is 0 Å². The van der Waals surface area contributed by atoms with Crippen LogP contribution in [0.5, 0.6) is 0 Å². The molecule has 0 unspecified atom stereocenters. The van der Waals surface area contributed by atoms with Gasteiger partial charge in [0.2, 0.25) is 0 Å². The Morgan fingerprint density at radius 2 is 0.870 bits per heavy atom. The van der Waals surface area contributed by atoms with Crippen LogP contribution in [0, 0.1) is 0 Å². The van der Waals surface area contributed by atoms with E-state index in [1.54, 1.807) is 0 Å². The van der Waals surface area contributed by atoms with Crippen molar-refractivity contribution in [1.29, 1.82) is 0 Å². The smallest absolute Gasteiger partial charge is 0.00201 e. The van der Waals surface area contributed by atoms with Crippen LogP contribution in [0.1, 0.15) is 26.3 Å². The number of fused-ring (bicyclic) bond motifs is 3. The first-order valence-electron chi connectivity index (χ1n) is 16.2. The highest BCUT2D eigenvalue weighted by Gasteiger charge is 2.22. The van der Waals surface area contributed by atoms with Crippen LogP contribution < -0.4 is 0 Å². The van der Waals surface area contributed by atoms with Gasteiger partial charge in [0.1, 0.15) is 0 Å². The van der Waals surface area contributed by atoms with Gasteiger partial charge in [0, 0.05) is 0 Å². The number of benzene rings is 8. The van der Waals surface area contributed by atoms with Crippen molar-refractivity contribution >= 4 is 32.3 Å². The van der Waals surface area contributed by atoms with Crippen molar-refractivity contribution in [1.82, 2.24) is 0 Å². The van der Waals surface area contributed by atoms with Gasteiger partial charge in [-0.1, -0.05) is 172 Å². The second-order valence-electron chi connectivity index (χ2n) is 13.4. The van der Waals surface area contributed by atoms with Crippen molar-refractivity contribution < 1.29 is 0 Å². The Hall–Kier alpha value is -5.46. The highest BCUT2D eigenvalue weighted by Crippen LogP contribution is 2.47. The molecule has 0 saturated carbocycles. The highest BCUT2D eigenvalue weighted by molar-refractivity contribution is 6.22. The predicted octanol–water partition coefficient (Wildman–Crippen LogP) is 13.1. The maximum Gasteiger partial charge on any atom is -0.00201 e. The molecule has 0 heterocycles. The van der Waals surface area contributed by atoms with E-state index in [4.69, 9.17) is 0 Å². The van der Waals surface area contributed by atoms with Gasteiger partial charge in [-0.3, -0.25) is 0 Å². The lowest BCUT2D eigenvalue weighted by molar-refractivity contribution is 0.591. The summed E-state index contributed by atoms with van der Waals surface area (Å²) in [5.41, 5.74) is 11.4. The molecule has 0 amide bonds. The number of hydrogen-bond donors (Lipinski definition) is 0. The Bertz CT molecular complexity index is 2370. The van der Waals surface area contributed by atoms with Crippen LogP contribution in [0.25, 0.3) is 76.8 Å². The van der Waals surface area contributed by atoms with E-state index in [2.05, 4.69) is 185 Å². The van der Waals surface area contributed by atoms with Gasteiger partial charge < -0.3 is 0 Å². The van der Waals surface area contributed by atoms with Gasteiger partial charge in [0.15, 0.2) is 0 Å². The zero-order chi connectivity index (χ0) is 31.3. The van der Waals surface area contributed by atoms with Crippen molar-refractivity contribution in [2.45, 2.75) is 26.2 Å². The van der Waals surface area contributed by atoms with Crippen LogP contribution in [0.3, 0.4) is 0 Å². The van der Waals surface area contributed by atoms with Gasteiger partial charge >= 0.3 is 0 Å². The summed E-state index contributed by atoms with van der Waals surface area (Å²) in [6, 6.07) is 60.3. The predicted molar refractivity (Wildman–Crippen MR) is 199 cm³/mol. The van der Waals surface area contributed by atoms with Gasteiger partial charge in [-0.05, 0) is 99.9 Å². The molecule has 0 radical (unpaired) electrons. The van der Waals surface area contributed by atoms with Crippen molar-refractivity contribution in [2.24, 2.45) is 0 Å². The molecule has 0 spiro atoms. The van der Waals surface area contributed by atoms with Crippen LogP contribution in [-0.4, -0.2) is 0 Å². The van der Waals surface area contributed by atoms with Crippen LogP contribution in [0.15, 0.2) is 164 Å². The third-order valence-electron chi connectivity index (χ3n) is 9.43.